The maximum atomic E-state index is 12.9. The minimum atomic E-state index is 0.0417. The van der Waals surface area contributed by atoms with E-state index in [-0.39, 0.29) is 24.1 Å². The fraction of sp³-hybridized carbons (Fsp3) is 0.417. The van der Waals surface area contributed by atoms with Crippen LogP contribution in [0.5, 0.6) is 0 Å². The molecule has 1 N–H and O–H groups in total. The van der Waals surface area contributed by atoms with Crippen LogP contribution in [-0.2, 0) is 4.79 Å². The van der Waals surface area contributed by atoms with Gasteiger partial charge in [-0.3, -0.25) is 14.5 Å². The molecule has 2 aliphatic heterocycles. The van der Waals surface area contributed by atoms with E-state index in [4.69, 9.17) is 23.2 Å². The number of rotatable bonds is 5. The van der Waals surface area contributed by atoms with Crippen molar-refractivity contribution < 1.29 is 4.79 Å². The van der Waals surface area contributed by atoms with E-state index >= 15 is 0 Å². The minimum absolute atomic E-state index is 0.0417. The van der Waals surface area contributed by atoms with E-state index in [1.165, 1.54) is 6.33 Å². The molecule has 8 nitrogen and oxygen atoms in total. The van der Waals surface area contributed by atoms with Crippen molar-refractivity contribution in [1.82, 2.24) is 24.3 Å². The third kappa shape index (κ3) is 4.76. The molecule has 1 atom stereocenters. The van der Waals surface area contributed by atoms with Gasteiger partial charge in [0.05, 0.1) is 22.1 Å². The second-order valence-electron chi connectivity index (χ2n) is 8.85. The van der Waals surface area contributed by atoms with Gasteiger partial charge in [0, 0.05) is 55.9 Å². The number of nitrogens with zero attached hydrogens (tertiary/aromatic N) is 5. The predicted molar refractivity (Wildman–Crippen MR) is 134 cm³/mol. The smallest absolute Gasteiger partial charge is 0.250 e. The van der Waals surface area contributed by atoms with Gasteiger partial charge >= 0.3 is 0 Å². The maximum absolute atomic E-state index is 12.9. The molecule has 178 valence electrons. The van der Waals surface area contributed by atoms with Gasteiger partial charge in [-0.25, -0.2) is 9.97 Å². The van der Waals surface area contributed by atoms with Gasteiger partial charge in [0.1, 0.15) is 12.1 Å². The van der Waals surface area contributed by atoms with Gasteiger partial charge in [-0.15, -0.1) is 0 Å². The fourth-order valence-electron chi connectivity index (χ4n) is 5.00. The van der Waals surface area contributed by atoms with E-state index in [0.29, 0.717) is 27.4 Å². The van der Waals surface area contributed by atoms with Gasteiger partial charge in [-0.1, -0.05) is 29.3 Å². The second-order valence-corrected chi connectivity index (χ2v) is 9.67. The summed E-state index contributed by atoms with van der Waals surface area (Å²) in [7, 11) is 0. The van der Waals surface area contributed by atoms with Crippen LogP contribution in [0.15, 0.2) is 47.7 Å². The summed E-state index contributed by atoms with van der Waals surface area (Å²) in [5, 5.41) is 4.72. The summed E-state index contributed by atoms with van der Waals surface area (Å²) >= 11 is 12.2. The summed E-state index contributed by atoms with van der Waals surface area (Å²) in [6.07, 6.45) is 6.19. The van der Waals surface area contributed by atoms with Crippen molar-refractivity contribution in [3.63, 3.8) is 0 Å². The van der Waals surface area contributed by atoms with Crippen LogP contribution in [0.3, 0.4) is 0 Å². The molecule has 2 fully saturated rings. The van der Waals surface area contributed by atoms with Crippen LogP contribution in [0, 0.1) is 0 Å². The molecule has 0 saturated carbocycles. The van der Waals surface area contributed by atoms with Crippen molar-refractivity contribution in [2.45, 2.75) is 31.3 Å². The quantitative estimate of drug-likeness (QED) is 0.577. The van der Waals surface area contributed by atoms with E-state index in [9.17, 15) is 9.59 Å². The van der Waals surface area contributed by atoms with Gasteiger partial charge in [-0.05, 0) is 37.5 Å². The molecule has 0 spiro atoms. The van der Waals surface area contributed by atoms with Crippen molar-refractivity contribution in [1.29, 1.82) is 0 Å². The number of anilines is 1. The predicted octanol–water partition coefficient (Wildman–Crippen LogP) is 3.45. The zero-order chi connectivity index (χ0) is 23.7. The monoisotopic (exact) mass is 500 g/mol. The van der Waals surface area contributed by atoms with Crippen LogP contribution in [0.4, 0.5) is 5.82 Å². The average Bonchev–Trinajstić information content (AvgIpc) is 3.34. The summed E-state index contributed by atoms with van der Waals surface area (Å²) < 4.78 is 1.85. The first-order chi connectivity index (χ1) is 16.5. The highest BCUT2D eigenvalue weighted by atomic mass is 35.5. The van der Waals surface area contributed by atoms with Crippen LogP contribution in [0.25, 0.3) is 10.9 Å². The normalized spacial score (nSPS) is 19.6. The maximum Gasteiger partial charge on any atom is 0.250 e. The lowest BCUT2D eigenvalue weighted by Crippen LogP contribution is -2.45. The zero-order valence-electron chi connectivity index (χ0n) is 18.7. The van der Waals surface area contributed by atoms with Crippen molar-refractivity contribution in [2.75, 3.05) is 38.0 Å². The molecule has 1 unspecified atom stereocenters. The Balaban J connectivity index is 1.15. The molecule has 1 amide bonds. The molecule has 2 aliphatic rings. The molecule has 4 heterocycles. The zero-order valence-corrected chi connectivity index (χ0v) is 20.2. The lowest BCUT2D eigenvalue weighted by Gasteiger charge is -2.36. The molecule has 34 heavy (non-hydrogen) atoms. The molecular weight excluding hydrogens is 475 g/mol. The number of carbonyl (C=O) groups is 1. The van der Waals surface area contributed by atoms with Gasteiger partial charge < -0.3 is 14.8 Å². The van der Waals surface area contributed by atoms with Crippen molar-refractivity contribution >= 4 is 45.8 Å². The second kappa shape index (κ2) is 9.90. The molecule has 3 aromatic rings. The number of carbonyl (C=O) groups excluding carboxylic acids is 1. The van der Waals surface area contributed by atoms with Crippen LogP contribution < -0.4 is 10.9 Å². The number of benzene rings is 1. The van der Waals surface area contributed by atoms with Crippen molar-refractivity contribution in [2.24, 2.45) is 0 Å². The minimum Gasteiger partial charge on any atom is -0.360 e. The van der Waals surface area contributed by atoms with Crippen LogP contribution >= 0.6 is 23.2 Å². The Hall–Kier alpha value is -2.68. The SMILES string of the molecule is O=C(CNc1ncnc2cc(Cl)c(Cl)cc12)N1CCC(N2CCC(n3ccccc3=O)CC2)C1. The Morgan fingerprint density at radius 1 is 1.03 bits per heavy atom. The van der Waals surface area contributed by atoms with Gasteiger partial charge in [0.2, 0.25) is 5.91 Å². The van der Waals surface area contributed by atoms with Gasteiger partial charge in [0.25, 0.3) is 5.56 Å². The van der Waals surface area contributed by atoms with E-state index in [1.54, 1.807) is 24.3 Å². The Labute approximate surface area is 207 Å². The van der Waals surface area contributed by atoms with Crippen molar-refractivity contribution in [3.05, 3.63) is 63.3 Å². The van der Waals surface area contributed by atoms with Crippen LogP contribution in [-0.4, -0.2) is 69.0 Å². The number of likely N-dealkylation sites (tertiary alicyclic amines) is 2. The Morgan fingerprint density at radius 3 is 2.59 bits per heavy atom. The molecule has 10 heteroatoms. The lowest BCUT2D eigenvalue weighted by molar-refractivity contribution is -0.128. The number of aromatic nitrogens is 3. The van der Waals surface area contributed by atoms with E-state index in [1.807, 2.05) is 21.7 Å². The summed E-state index contributed by atoms with van der Waals surface area (Å²) in [5.74, 6) is 0.603. The highest BCUT2D eigenvalue weighted by Crippen LogP contribution is 2.30. The third-order valence-corrected chi connectivity index (χ3v) is 7.58. The molecule has 2 saturated heterocycles. The molecular formula is C24H26Cl2N6O2. The lowest BCUT2D eigenvalue weighted by atomic mass is 10.0. The first-order valence-electron chi connectivity index (χ1n) is 11.5. The van der Waals surface area contributed by atoms with Crippen LogP contribution in [0.2, 0.25) is 10.0 Å². The number of hydrogen-bond acceptors (Lipinski definition) is 6. The Kier molecular flexibility index (Phi) is 6.72. The van der Waals surface area contributed by atoms with Crippen molar-refractivity contribution in [3.8, 4) is 0 Å². The largest absolute Gasteiger partial charge is 0.360 e. The molecule has 0 radical (unpaired) electrons. The number of halogens is 2. The van der Waals surface area contributed by atoms with Gasteiger partial charge in [-0.2, -0.15) is 0 Å². The average molecular weight is 501 g/mol. The molecule has 2 aromatic heterocycles. The highest BCUT2D eigenvalue weighted by Gasteiger charge is 2.32. The Bertz CT molecular complexity index is 1260. The summed E-state index contributed by atoms with van der Waals surface area (Å²) in [6.45, 7) is 3.50. The summed E-state index contributed by atoms with van der Waals surface area (Å²) in [4.78, 5) is 37.9. The molecule has 0 bridgehead atoms. The first kappa shape index (κ1) is 23.1. The summed E-state index contributed by atoms with van der Waals surface area (Å²) in [6, 6.07) is 9.33. The van der Waals surface area contributed by atoms with E-state index < -0.39 is 0 Å². The number of amides is 1. The summed E-state index contributed by atoms with van der Waals surface area (Å²) in [5.41, 5.74) is 0.731. The van der Waals surface area contributed by atoms with Gasteiger partial charge in [0.15, 0.2) is 0 Å². The number of pyridine rings is 1. The highest BCUT2D eigenvalue weighted by molar-refractivity contribution is 6.42. The van der Waals surface area contributed by atoms with Crippen LogP contribution in [0.1, 0.15) is 25.3 Å². The van der Waals surface area contributed by atoms with E-state index in [2.05, 4.69) is 20.2 Å². The Morgan fingerprint density at radius 2 is 1.79 bits per heavy atom. The first-order valence-corrected chi connectivity index (χ1v) is 12.3. The fourth-order valence-corrected chi connectivity index (χ4v) is 5.32. The van der Waals surface area contributed by atoms with E-state index in [0.717, 1.165) is 50.8 Å². The number of hydrogen-bond donors (Lipinski definition) is 1. The standard InChI is InChI=1S/C24H26Cl2N6O2/c25-19-11-18-21(12-20(19)26)28-15-29-24(18)27-13-23(34)31-10-6-17(14-31)30-8-4-16(5-9-30)32-7-2-1-3-22(32)33/h1-3,7,11-12,15-17H,4-6,8-10,13-14H2,(H,27,28,29). The third-order valence-electron chi connectivity index (χ3n) is 6.86. The topological polar surface area (TPSA) is 83.4 Å². The molecule has 0 aliphatic carbocycles. The number of piperidine rings is 1. The molecule has 1 aromatic carbocycles. The number of fused-ring (bicyclic) bond motifs is 1. The number of nitrogens with one attached hydrogen (secondary N) is 1. The molecule has 5 rings (SSSR count).